The van der Waals surface area contributed by atoms with Crippen LogP contribution in [0, 0.1) is 0 Å². The molecule has 2 N–H and O–H groups in total. The highest BCUT2D eigenvalue weighted by Gasteiger charge is 2.17. The lowest BCUT2D eigenvalue weighted by molar-refractivity contribution is -0.549. The molecule has 0 bridgehead atoms. The lowest BCUT2D eigenvalue weighted by Crippen LogP contribution is -3.00. The Morgan fingerprint density at radius 3 is 1.68 bits per heavy atom. The summed E-state index contributed by atoms with van der Waals surface area (Å²) < 4.78 is 7.72. The van der Waals surface area contributed by atoms with Crippen LogP contribution in [0.5, 0.6) is 0 Å². The van der Waals surface area contributed by atoms with Gasteiger partial charge in [0.1, 0.15) is 0 Å². The van der Waals surface area contributed by atoms with Gasteiger partial charge in [0.05, 0.1) is 37.7 Å². The molecule has 0 radical (unpaired) electrons. The first-order valence-corrected chi connectivity index (χ1v) is 7.25. The van der Waals surface area contributed by atoms with Gasteiger partial charge in [0.2, 0.25) is 0 Å². The van der Waals surface area contributed by atoms with Crippen molar-refractivity contribution in [3.8, 4) is 0 Å². The molecule has 0 spiro atoms. The number of morpholine rings is 1. The molecule has 0 amide bonds. The molecule has 0 saturated carbocycles. The molecular weight excluding hydrogens is 342 g/mol. The van der Waals surface area contributed by atoms with Crippen LogP contribution in [-0.2, 0) is 4.74 Å². The molecule has 4 nitrogen and oxygen atoms in total. The van der Waals surface area contributed by atoms with Crippen molar-refractivity contribution in [3.63, 3.8) is 0 Å². The zero-order valence-electron chi connectivity index (χ0n) is 12.3. The van der Waals surface area contributed by atoms with E-state index in [0.29, 0.717) is 0 Å². The predicted octanol–water partition coefficient (Wildman–Crippen LogP) is -0.387. The first-order valence-electron chi connectivity index (χ1n) is 7.25. The predicted molar refractivity (Wildman–Crippen MR) is 85.9 cm³/mol. The Kier molecular flexibility index (Phi) is 6.43. The molecule has 3 rings (SSSR count). The van der Waals surface area contributed by atoms with Crippen LogP contribution in [0.2, 0.25) is 0 Å². The van der Waals surface area contributed by atoms with E-state index in [9.17, 15) is 0 Å². The summed E-state index contributed by atoms with van der Waals surface area (Å²) in [6.07, 6.45) is 0. The first kappa shape index (κ1) is 16.5. The number of anilines is 2. The van der Waals surface area contributed by atoms with Crippen LogP contribution >= 0.6 is 0 Å². The van der Waals surface area contributed by atoms with Gasteiger partial charge in [0.15, 0.2) is 0 Å². The summed E-state index contributed by atoms with van der Waals surface area (Å²) in [7, 11) is 0. The average molecular weight is 362 g/mol. The Labute approximate surface area is 141 Å². The van der Waals surface area contributed by atoms with Crippen molar-refractivity contribution in [2.45, 2.75) is 0 Å². The molecular formula is C17H20BrN3O. The quantitative estimate of drug-likeness (QED) is 0.565. The molecule has 2 aromatic carbocycles. The second kappa shape index (κ2) is 8.56. The minimum absolute atomic E-state index is 0. The Hall–Kier alpha value is -1.85. The second-order valence-corrected chi connectivity index (χ2v) is 4.93. The van der Waals surface area contributed by atoms with Crippen molar-refractivity contribution < 1.29 is 26.3 Å². The van der Waals surface area contributed by atoms with Crippen molar-refractivity contribution in [2.75, 3.05) is 36.9 Å². The molecule has 0 unspecified atom stereocenters. The summed E-state index contributed by atoms with van der Waals surface area (Å²) in [5.41, 5.74) is 2.14. The maximum absolute atomic E-state index is 5.44. The third kappa shape index (κ3) is 4.58. The maximum Gasteiger partial charge on any atom is 0.355 e. The highest BCUT2D eigenvalue weighted by Crippen LogP contribution is 2.09. The monoisotopic (exact) mass is 361 g/mol. The van der Waals surface area contributed by atoms with E-state index in [1.165, 1.54) is 0 Å². The minimum Gasteiger partial charge on any atom is -1.00 e. The zero-order valence-corrected chi connectivity index (χ0v) is 13.9. The smallest absolute Gasteiger partial charge is 0.355 e. The van der Waals surface area contributed by atoms with Crippen molar-refractivity contribution in [2.24, 2.45) is 0 Å². The summed E-state index contributed by atoms with van der Waals surface area (Å²) >= 11 is 0. The molecule has 116 valence electrons. The summed E-state index contributed by atoms with van der Waals surface area (Å²) in [6.45, 7) is 3.29. The fraction of sp³-hybridized carbons (Fsp3) is 0.235. The van der Waals surface area contributed by atoms with Gasteiger partial charge in [0, 0.05) is 0 Å². The van der Waals surface area contributed by atoms with E-state index in [2.05, 4.69) is 39.5 Å². The van der Waals surface area contributed by atoms with Gasteiger partial charge in [-0.15, -0.1) is 0 Å². The Morgan fingerprint density at radius 1 is 0.773 bits per heavy atom. The third-order valence-corrected chi connectivity index (χ3v) is 3.40. The Balaban J connectivity index is 0.00000176. The van der Waals surface area contributed by atoms with Crippen LogP contribution in [0.15, 0.2) is 60.7 Å². The molecule has 1 fully saturated rings. The maximum atomic E-state index is 5.44. The molecule has 1 aliphatic rings. The van der Waals surface area contributed by atoms with Crippen LogP contribution in [-0.4, -0.2) is 36.8 Å². The number of nitrogens with one attached hydrogen (secondary N) is 2. The van der Waals surface area contributed by atoms with Crippen molar-refractivity contribution in [1.29, 1.82) is 0 Å². The van der Waals surface area contributed by atoms with Gasteiger partial charge in [-0.05, 0) is 24.3 Å². The molecule has 1 saturated heterocycles. The fourth-order valence-corrected chi connectivity index (χ4v) is 2.29. The Morgan fingerprint density at radius 2 is 1.23 bits per heavy atom. The molecule has 0 aliphatic carbocycles. The largest absolute Gasteiger partial charge is 1.00 e. The van der Waals surface area contributed by atoms with Gasteiger partial charge >= 0.3 is 5.96 Å². The number of guanidine groups is 1. The van der Waals surface area contributed by atoms with Gasteiger partial charge in [-0.25, -0.2) is 10.6 Å². The molecule has 5 heteroatoms. The normalized spacial score (nSPS) is 13.9. The zero-order chi connectivity index (χ0) is 14.3. The Bertz CT molecular complexity index is 550. The number of nitrogens with zero attached hydrogens (tertiary/aromatic N) is 1. The van der Waals surface area contributed by atoms with Crippen LogP contribution in [0.1, 0.15) is 0 Å². The van der Waals surface area contributed by atoms with Crippen molar-refractivity contribution >= 4 is 17.3 Å². The SMILES string of the molecule is [Br-].c1ccc(NC(Nc2ccccc2)=[N+]2CCOCC2)cc1. The highest BCUT2D eigenvalue weighted by atomic mass is 79.9. The van der Waals surface area contributed by atoms with Crippen LogP contribution in [0.3, 0.4) is 0 Å². The molecule has 22 heavy (non-hydrogen) atoms. The number of rotatable bonds is 2. The molecule has 0 aromatic heterocycles. The molecule has 1 aliphatic heterocycles. The van der Waals surface area contributed by atoms with Crippen LogP contribution in [0.25, 0.3) is 0 Å². The average Bonchev–Trinajstić information content (AvgIpc) is 2.57. The summed E-state index contributed by atoms with van der Waals surface area (Å²) in [5.74, 6) is 0.996. The van der Waals surface area contributed by atoms with Crippen LogP contribution < -0.4 is 27.6 Å². The summed E-state index contributed by atoms with van der Waals surface area (Å²) in [5, 5.41) is 6.95. The van der Waals surface area contributed by atoms with Crippen molar-refractivity contribution in [1.82, 2.24) is 0 Å². The lowest BCUT2D eigenvalue weighted by atomic mass is 10.3. The van der Waals surface area contributed by atoms with E-state index < -0.39 is 0 Å². The van der Waals surface area contributed by atoms with E-state index in [-0.39, 0.29) is 17.0 Å². The van der Waals surface area contributed by atoms with Gasteiger partial charge in [-0.1, -0.05) is 36.4 Å². The lowest BCUT2D eigenvalue weighted by Gasteiger charge is -2.18. The molecule has 0 atom stereocenters. The summed E-state index contributed by atoms with van der Waals surface area (Å²) in [6, 6.07) is 20.4. The van der Waals surface area contributed by atoms with Crippen molar-refractivity contribution in [3.05, 3.63) is 60.7 Å². The number of ether oxygens (including phenoxy) is 1. The standard InChI is InChI=1S/C17H19N3O.BrH/c1-3-7-15(8-4-1)18-17(20-11-13-21-14-12-20)19-16-9-5-2-6-10-16;/h1-10H,11-14H2,(H,18,19);1H. The number of hydrogen-bond acceptors (Lipinski definition) is 1. The number of benzene rings is 2. The minimum atomic E-state index is 0. The molecule has 1 heterocycles. The van der Waals surface area contributed by atoms with E-state index in [0.717, 1.165) is 43.6 Å². The van der Waals surface area contributed by atoms with Crippen LogP contribution in [0.4, 0.5) is 11.4 Å². The third-order valence-electron chi connectivity index (χ3n) is 3.40. The topological polar surface area (TPSA) is 36.3 Å². The number of halogens is 1. The molecule has 2 aromatic rings. The number of para-hydroxylation sites is 2. The highest BCUT2D eigenvalue weighted by molar-refractivity contribution is 6.00. The summed E-state index contributed by atoms with van der Waals surface area (Å²) in [4.78, 5) is 0. The van der Waals surface area contributed by atoms with E-state index >= 15 is 0 Å². The van der Waals surface area contributed by atoms with Gasteiger partial charge in [-0.3, -0.25) is 4.58 Å². The number of hydrogen-bond donors (Lipinski definition) is 2. The van der Waals surface area contributed by atoms with Gasteiger partial charge < -0.3 is 21.7 Å². The fourth-order valence-electron chi connectivity index (χ4n) is 2.29. The van der Waals surface area contributed by atoms with E-state index in [1.54, 1.807) is 0 Å². The van der Waals surface area contributed by atoms with Gasteiger partial charge in [-0.2, -0.15) is 0 Å². The van der Waals surface area contributed by atoms with Gasteiger partial charge in [0.25, 0.3) is 0 Å². The van der Waals surface area contributed by atoms with E-state index in [1.807, 2.05) is 36.4 Å². The van der Waals surface area contributed by atoms with E-state index in [4.69, 9.17) is 4.74 Å². The first-order chi connectivity index (χ1) is 10.4. The second-order valence-electron chi connectivity index (χ2n) is 4.93.